The SMILES string of the molecule is CC(C)c1oncc1C(=O)N1CCCC1.CCn1ncc(-c2nc3c(=O)[nH]cnc3n2C)c1C. The predicted molar refractivity (Wildman–Crippen MR) is 126 cm³/mol. The van der Waals surface area contributed by atoms with Crippen LogP contribution in [-0.4, -0.2) is 58.4 Å². The van der Waals surface area contributed by atoms with Crippen molar-refractivity contribution >= 4 is 17.1 Å². The molecule has 34 heavy (non-hydrogen) atoms. The molecule has 4 aromatic rings. The number of H-pyrrole nitrogens is 1. The van der Waals surface area contributed by atoms with Crippen molar-refractivity contribution in [3.05, 3.63) is 46.1 Å². The molecule has 0 saturated carbocycles. The van der Waals surface area contributed by atoms with Crippen molar-refractivity contribution in [2.45, 2.75) is 53.0 Å². The lowest BCUT2D eigenvalue weighted by Crippen LogP contribution is -2.28. The standard InChI is InChI=1S/C12H14N6O.C11H16N2O2/c1-4-18-7(2)8(5-15-18)10-16-9-11(17(10)3)13-6-14-12(9)19;1-8(2)10-9(7-12-15-10)11(14)13-5-3-4-6-13/h5-6H,4H2,1-3H3,(H,13,14,19);7-8H,3-6H2,1-2H3. The van der Waals surface area contributed by atoms with Crippen molar-refractivity contribution in [3.63, 3.8) is 0 Å². The van der Waals surface area contributed by atoms with Gasteiger partial charge in [-0.2, -0.15) is 5.10 Å². The van der Waals surface area contributed by atoms with Crippen LogP contribution in [0.15, 0.2) is 28.0 Å². The molecule has 1 N–H and O–H groups in total. The van der Waals surface area contributed by atoms with E-state index >= 15 is 0 Å². The van der Waals surface area contributed by atoms with Gasteiger partial charge in [-0.05, 0) is 26.7 Å². The van der Waals surface area contributed by atoms with Crippen molar-refractivity contribution in [2.75, 3.05) is 13.1 Å². The molecule has 5 heterocycles. The van der Waals surface area contributed by atoms with Crippen LogP contribution in [0.1, 0.15) is 61.3 Å². The summed E-state index contributed by atoms with van der Waals surface area (Å²) in [7, 11) is 1.85. The number of aromatic amines is 1. The van der Waals surface area contributed by atoms with E-state index in [1.165, 1.54) is 12.5 Å². The molecule has 0 unspecified atom stereocenters. The molecule has 0 spiro atoms. The van der Waals surface area contributed by atoms with Gasteiger partial charge in [-0.1, -0.05) is 19.0 Å². The second kappa shape index (κ2) is 9.62. The van der Waals surface area contributed by atoms with Crippen molar-refractivity contribution in [1.82, 2.24) is 39.4 Å². The number of nitrogens with one attached hydrogen (secondary N) is 1. The summed E-state index contributed by atoms with van der Waals surface area (Å²) in [6.07, 6.45) is 6.91. The molecule has 0 atom stereocenters. The van der Waals surface area contributed by atoms with Crippen molar-refractivity contribution in [3.8, 4) is 11.4 Å². The molecule has 1 amide bonds. The fourth-order valence-electron chi connectivity index (χ4n) is 4.15. The molecule has 1 saturated heterocycles. The number of aryl methyl sites for hydroxylation is 2. The third-order valence-electron chi connectivity index (χ3n) is 6.05. The zero-order valence-corrected chi connectivity index (χ0v) is 20.2. The van der Waals surface area contributed by atoms with Gasteiger partial charge in [0.25, 0.3) is 11.5 Å². The summed E-state index contributed by atoms with van der Waals surface area (Å²) in [5.74, 6) is 1.68. The topological polar surface area (TPSA) is 128 Å². The number of aromatic nitrogens is 7. The molecule has 4 aromatic heterocycles. The van der Waals surface area contributed by atoms with E-state index in [1.807, 2.05) is 48.9 Å². The van der Waals surface area contributed by atoms with Gasteiger partial charge >= 0.3 is 0 Å². The molecule has 5 rings (SSSR count). The van der Waals surface area contributed by atoms with Crippen LogP contribution in [-0.2, 0) is 13.6 Å². The highest BCUT2D eigenvalue weighted by Crippen LogP contribution is 2.24. The molecular weight excluding hydrogens is 436 g/mol. The molecular formula is C23H30N8O3. The highest BCUT2D eigenvalue weighted by molar-refractivity contribution is 5.95. The van der Waals surface area contributed by atoms with Crippen molar-refractivity contribution < 1.29 is 9.32 Å². The van der Waals surface area contributed by atoms with E-state index < -0.39 is 0 Å². The molecule has 1 aliphatic rings. The molecule has 0 aromatic carbocycles. The first-order chi connectivity index (χ1) is 16.3. The van der Waals surface area contributed by atoms with Crippen LogP contribution in [0.2, 0.25) is 0 Å². The van der Waals surface area contributed by atoms with E-state index in [0.29, 0.717) is 28.3 Å². The Kier molecular flexibility index (Phi) is 6.62. The Morgan fingerprint density at radius 1 is 1.24 bits per heavy atom. The van der Waals surface area contributed by atoms with Crippen molar-refractivity contribution in [1.29, 1.82) is 0 Å². The minimum absolute atomic E-state index is 0.0671. The molecule has 11 nitrogen and oxygen atoms in total. The average Bonchev–Trinajstić information content (AvgIpc) is 3.61. The Morgan fingerprint density at radius 2 is 1.97 bits per heavy atom. The lowest BCUT2D eigenvalue weighted by Gasteiger charge is -2.14. The Bertz CT molecular complexity index is 1350. The third kappa shape index (κ3) is 4.25. The number of imidazole rings is 1. The van der Waals surface area contributed by atoms with E-state index in [1.54, 1.807) is 6.20 Å². The van der Waals surface area contributed by atoms with Gasteiger partial charge in [-0.3, -0.25) is 14.3 Å². The highest BCUT2D eigenvalue weighted by Gasteiger charge is 2.25. The van der Waals surface area contributed by atoms with Crippen LogP contribution >= 0.6 is 0 Å². The quantitative estimate of drug-likeness (QED) is 0.490. The maximum atomic E-state index is 12.1. The number of carbonyl (C=O) groups excluding carboxylic acids is 1. The number of likely N-dealkylation sites (tertiary alicyclic amines) is 1. The minimum Gasteiger partial charge on any atom is -0.360 e. The van der Waals surface area contributed by atoms with Crippen LogP contribution in [0.5, 0.6) is 0 Å². The largest absolute Gasteiger partial charge is 0.360 e. The van der Waals surface area contributed by atoms with Crippen LogP contribution in [0, 0.1) is 6.92 Å². The van der Waals surface area contributed by atoms with Crippen LogP contribution < -0.4 is 5.56 Å². The highest BCUT2D eigenvalue weighted by atomic mass is 16.5. The first kappa shape index (κ1) is 23.4. The van der Waals surface area contributed by atoms with E-state index in [2.05, 4.69) is 25.2 Å². The first-order valence-corrected chi connectivity index (χ1v) is 11.5. The average molecular weight is 467 g/mol. The molecule has 0 radical (unpaired) electrons. The van der Waals surface area contributed by atoms with Gasteiger partial charge in [-0.15, -0.1) is 0 Å². The third-order valence-corrected chi connectivity index (χ3v) is 6.05. The number of rotatable bonds is 4. The van der Waals surface area contributed by atoms with Gasteiger partial charge in [0.2, 0.25) is 0 Å². The Hall–Kier alpha value is -3.76. The normalized spacial score (nSPS) is 13.5. The predicted octanol–water partition coefficient (Wildman–Crippen LogP) is 2.88. The second-order valence-electron chi connectivity index (χ2n) is 8.62. The van der Waals surface area contributed by atoms with Crippen molar-refractivity contribution in [2.24, 2.45) is 7.05 Å². The van der Waals surface area contributed by atoms with E-state index in [-0.39, 0.29) is 17.4 Å². The summed E-state index contributed by atoms with van der Waals surface area (Å²) in [6.45, 7) is 10.5. The Morgan fingerprint density at radius 3 is 2.59 bits per heavy atom. The zero-order valence-electron chi connectivity index (χ0n) is 20.2. The fourth-order valence-corrected chi connectivity index (χ4v) is 4.15. The first-order valence-electron chi connectivity index (χ1n) is 11.5. The lowest BCUT2D eigenvalue weighted by molar-refractivity contribution is 0.0790. The lowest BCUT2D eigenvalue weighted by atomic mass is 10.1. The zero-order chi connectivity index (χ0) is 24.4. The van der Waals surface area contributed by atoms with Crippen LogP contribution in [0.25, 0.3) is 22.6 Å². The maximum absolute atomic E-state index is 12.1. The summed E-state index contributed by atoms with van der Waals surface area (Å²) >= 11 is 0. The summed E-state index contributed by atoms with van der Waals surface area (Å²) < 4.78 is 8.82. The van der Waals surface area contributed by atoms with Crippen LogP contribution in [0.4, 0.5) is 0 Å². The van der Waals surface area contributed by atoms with Gasteiger partial charge in [-0.25, -0.2) is 9.97 Å². The van der Waals surface area contributed by atoms with E-state index in [0.717, 1.165) is 43.7 Å². The summed E-state index contributed by atoms with van der Waals surface area (Å²) in [5.41, 5.74) is 3.27. The maximum Gasteiger partial charge on any atom is 0.278 e. The van der Waals surface area contributed by atoms with Gasteiger partial charge in [0.05, 0.1) is 24.3 Å². The monoisotopic (exact) mass is 466 g/mol. The fraction of sp³-hybridized carbons (Fsp3) is 0.478. The Balaban J connectivity index is 0.000000166. The smallest absolute Gasteiger partial charge is 0.278 e. The minimum atomic E-state index is -0.229. The second-order valence-corrected chi connectivity index (χ2v) is 8.62. The van der Waals surface area contributed by atoms with Gasteiger partial charge in [0.15, 0.2) is 16.9 Å². The van der Waals surface area contributed by atoms with Gasteiger partial charge < -0.3 is 19.0 Å². The summed E-state index contributed by atoms with van der Waals surface area (Å²) in [4.78, 5) is 36.8. The number of amides is 1. The number of nitrogens with zero attached hydrogens (tertiary/aromatic N) is 7. The summed E-state index contributed by atoms with van der Waals surface area (Å²) in [5, 5.41) is 8.01. The number of fused-ring (bicyclic) bond motifs is 1. The number of hydrogen-bond donors (Lipinski definition) is 1. The molecule has 180 valence electrons. The molecule has 1 aliphatic heterocycles. The summed E-state index contributed by atoms with van der Waals surface area (Å²) in [6, 6.07) is 0. The Labute approximate surface area is 196 Å². The molecule has 0 aliphatic carbocycles. The molecule has 0 bridgehead atoms. The van der Waals surface area contributed by atoms with E-state index in [4.69, 9.17) is 4.52 Å². The van der Waals surface area contributed by atoms with E-state index in [9.17, 15) is 9.59 Å². The molecule has 11 heteroatoms. The van der Waals surface area contributed by atoms with Crippen LogP contribution in [0.3, 0.4) is 0 Å². The molecule has 1 fully saturated rings. The number of hydrogen-bond acceptors (Lipinski definition) is 7. The van der Waals surface area contributed by atoms with Gasteiger partial charge in [0, 0.05) is 38.3 Å². The van der Waals surface area contributed by atoms with Gasteiger partial charge in [0.1, 0.15) is 11.4 Å². The number of carbonyl (C=O) groups is 1.